The van der Waals surface area contributed by atoms with Crippen molar-refractivity contribution in [2.45, 2.75) is 245 Å². The van der Waals surface area contributed by atoms with Gasteiger partial charge < -0.3 is 14.2 Å². The highest BCUT2D eigenvalue weighted by Gasteiger charge is 2.19. The molecule has 71 heavy (non-hydrogen) atoms. The molecule has 0 aliphatic carbocycles. The van der Waals surface area contributed by atoms with E-state index in [9.17, 15) is 14.4 Å². The van der Waals surface area contributed by atoms with Gasteiger partial charge in [0.25, 0.3) is 0 Å². The Morgan fingerprint density at radius 3 is 0.901 bits per heavy atom. The van der Waals surface area contributed by atoms with Crippen molar-refractivity contribution in [3.8, 4) is 0 Å². The third-order valence-corrected chi connectivity index (χ3v) is 11.6. The molecule has 0 radical (unpaired) electrons. The molecule has 0 saturated carbocycles. The first kappa shape index (κ1) is 66.6. The largest absolute Gasteiger partial charge is 0.462 e. The van der Waals surface area contributed by atoms with Crippen LogP contribution in [-0.4, -0.2) is 37.2 Å². The minimum Gasteiger partial charge on any atom is -0.462 e. The number of carbonyl (C=O) groups excluding carboxylic acids is 3. The molecular formula is C65H104O6. The van der Waals surface area contributed by atoms with Crippen LogP contribution in [0.5, 0.6) is 0 Å². The Balaban J connectivity index is 4.53. The fourth-order valence-electron chi connectivity index (χ4n) is 7.37. The second-order valence-electron chi connectivity index (χ2n) is 18.4. The number of unbranched alkanes of at least 4 members (excludes halogenated alkanes) is 17. The lowest BCUT2D eigenvalue weighted by Gasteiger charge is -2.18. The topological polar surface area (TPSA) is 78.9 Å². The van der Waals surface area contributed by atoms with Crippen LogP contribution in [0.4, 0.5) is 0 Å². The highest BCUT2D eigenvalue weighted by Crippen LogP contribution is 2.14. The zero-order valence-corrected chi connectivity index (χ0v) is 45.7. The molecule has 0 aromatic heterocycles. The molecule has 6 heteroatoms. The Morgan fingerprint density at radius 2 is 0.549 bits per heavy atom. The number of rotatable bonds is 50. The fraction of sp³-hybridized carbons (Fsp3) is 0.615. The summed E-state index contributed by atoms with van der Waals surface area (Å²) in [6.45, 7) is 6.31. The van der Waals surface area contributed by atoms with Crippen LogP contribution in [0.3, 0.4) is 0 Å². The van der Waals surface area contributed by atoms with Gasteiger partial charge in [-0.05, 0) is 135 Å². The molecule has 1 atom stereocenters. The van der Waals surface area contributed by atoms with E-state index >= 15 is 0 Å². The molecule has 0 aromatic rings. The molecule has 0 aliphatic heterocycles. The van der Waals surface area contributed by atoms with Crippen molar-refractivity contribution in [2.75, 3.05) is 13.2 Å². The summed E-state index contributed by atoms with van der Waals surface area (Å²) in [6.07, 6.45) is 81.5. The van der Waals surface area contributed by atoms with Crippen LogP contribution in [0.1, 0.15) is 239 Å². The Hall–Kier alpha value is -4.45. The van der Waals surface area contributed by atoms with Crippen molar-refractivity contribution in [3.05, 3.63) is 134 Å². The Morgan fingerprint density at radius 1 is 0.296 bits per heavy atom. The van der Waals surface area contributed by atoms with E-state index in [1.165, 1.54) is 70.6 Å². The number of hydrogen-bond acceptors (Lipinski definition) is 6. The molecule has 0 fully saturated rings. The zero-order chi connectivity index (χ0) is 51.4. The predicted molar refractivity (Wildman–Crippen MR) is 306 cm³/mol. The van der Waals surface area contributed by atoms with Crippen molar-refractivity contribution >= 4 is 17.9 Å². The molecular weight excluding hydrogens is 877 g/mol. The number of carbonyl (C=O) groups is 3. The standard InChI is InChI=1S/C65H104O6/c1-4-7-10-13-16-19-22-25-28-30-32-34-37-40-43-46-49-52-55-58-64(67)70-61-62(60-69-63(66)57-54-51-48-45-42-39-36-27-24-21-18-15-12-9-6-3)71-65(68)59-56-53-50-47-44-41-38-35-33-31-29-26-23-20-17-14-11-8-5-2/h8-9,11-12,16-21,25-29,33,35-36,41-42,44-45,62H,4-7,10,13-15,22-24,30-32,34,37-40,43,46-61H2,1-3H3/b11-8-,12-9-,19-16-,20-17-,21-18-,28-25-,29-26-,35-33-,36-27-,44-41-,45-42-/t62-/m1/s1. The molecule has 0 aliphatic rings. The van der Waals surface area contributed by atoms with Gasteiger partial charge in [-0.25, -0.2) is 0 Å². The number of ether oxygens (including phenoxy) is 3. The molecule has 6 nitrogen and oxygen atoms in total. The van der Waals surface area contributed by atoms with E-state index in [0.29, 0.717) is 25.7 Å². The van der Waals surface area contributed by atoms with Gasteiger partial charge in [0.1, 0.15) is 13.2 Å². The fourth-order valence-corrected chi connectivity index (χ4v) is 7.37. The van der Waals surface area contributed by atoms with Gasteiger partial charge in [-0.2, -0.15) is 0 Å². The van der Waals surface area contributed by atoms with Gasteiger partial charge in [-0.15, -0.1) is 0 Å². The Labute approximate surface area is 436 Å². The van der Waals surface area contributed by atoms with Crippen LogP contribution in [0.2, 0.25) is 0 Å². The summed E-state index contributed by atoms with van der Waals surface area (Å²) in [6, 6.07) is 0. The summed E-state index contributed by atoms with van der Waals surface area (Å²) in [5, 5.41) is 0. The number of esters is 3. The van der Waals surface area contributed by atoms with Crippen LogP contribution in [0.15, 0.2) is 134 Å². The summed E-state index contributed by atoms with van der Waals surface area (Å²) in [5.74, 6) is -0.995. The highest BCUT2D eigenvalue weighted by molar-refractivity contribution is 5.71. The second-order valence-corrected chi connectivity index (χ2v) is 18.4. The number of hydrogen-bond donors (Lipinski definition) is 0. The van der Waals surface area contributed by atoms with Crippen LogP contribution in [0.25, 0.3) is 0 Å². The SMILES string of the molecule is CC/C=C\C/C=C\C/C=C\C/C=C\C/C=C\CCCCCC(=O)O[C@H](COC(=O)CCCC/C=C\C/C=C\C/C=C\C/C=C\CC)COC(=O)CCCCCCCCCCC/C=C\C/C=C\CCCCC. The van der Waals surface area contributed by atoms with Gasteiger partial charge in [0, 0.05) is 19.3 Å². The van der Waals surface area contributed by atoms with Crippen molar-refractivity contribution in [1.29, 1.82) is 0 Å². The predicted octanol–water partition coefficient (Wildman–Crippen LogP) is 19.4. The van der Waals surface area contributed by atoms with Gasteiger partial charge in [0.05, 0.1) is 0 Å². The average molecular weight is 982 g/mol. The maximum Gasteiger partial charge on any atom is 0.306 e. The van der Waals surface area contributed by atoms with E-state index in [2.05, 4.69) is 154 Å². The smallest absolute Gasteiger partial charge is 0.306 e. The van der Waals surface area contributed by atoms with Gasteiger partial charge in [0.15, 0.2) is 6.10 Å². The number of allylic oxidation sites excluding steroid dienone is 22. The van der Waals surface area contributed by atoms with Gasteiger partial charge >= 0.3 is 17.9 Å². The first-order valence-electron chi connectivity index (χ1n) is 28.7. The summed E-state index contributed by atoms with van der Waals surface area (Å²) in [5.41, 5.74) is 0. The van der Waals surface area contributed by atoms with Gasteiger partial charge in [-0.1, -0.05) is 219 Å². The normalized spacial score (nSPS) is 13.1. The van der Waals surface area contributed by atoms with E-state index < -0.39 is 6.10 Å². The molecule has 0 amide bonds. The van der Waals surface area contributed by atoms with Crippen molar-refractivity contribution in [3.63, 3.8) is 0 Å². The molecule has 400 valence electrons. The minimum absolute atomic E-state index is 0.111. The monoisotopic (exact) mass is 981 g/mol. The first-order valence-corrected chi connectivity index (χ1v) is 28.7. The molecule has 0 spiro atoms. The van der Waals surface area contributed by atoms with Crippen molar-refractivity contribution in [2.24, 2.45) is 0 Å². The Kier molecular flexibility index (Phi) is 54.5. The van der Waals surface area contributed by atoms with E-state index in [0.717, 1.165) is 116 Å². The van der Waals surface area contributed by atoms with E-state index in [4.69, 9.17) is 14.2 Å². The second kappa shape index (κ2) is 58.1. The Bertz CT molecular complexity index is 1550. The summed E-state index contributed by atoms with van der Waals surface area (Å²) >= 11 is 0. The van der Waals surface area contributed by atoms with E-state index in [1.54, 1.807) is 0 Å². The van der Waals surface area contributed by atoms with Crippen LogP contribution in [-0.2, 0) is 28.6 Å². The van der Waals surface area contributed by atoms with Gasteiger partial charge in [0.2, 0.25) is 0 Å². The summed E-state index contributed by atoms with van der Waals surface area (Å²) < 4.78 is 16.8. The third-order valence-electron chi connectivity index (χ3n) is 11.6. The third kappa shape index (κ3) is 56.3. The quantitative estimate of drug-likeness (QED) is 0.0262. The molecule has 0 rings (SSSR count). The molecule has 0 unspecified atom stereocenters. The lowest BCUT2D eigenvalue weighted by Crippen LogP contribution is -2.30. The lowest BCUT2D eigenvalue weighted by atomic mass is 10.1. The van der Waals surface area contributed by atoms with Crippen LogP contribution in [0, 0.1) is 0 Å². The van der Waals surface area contributed by atoms with Crippen LogP contribution >= 0.6 is 0 Å². The van der Waals surface area contributed by atoms with Gasteiger partial charge in [-0.3, -0.25) is 14.4 Å². The summed E-state index contributed by atoms with van der Waals surface area (Å²) in [4.78, 5) is 38.2. The molecule has 0 N–H and O–H groups in total. The molecule has 0 bridgehead atoms. The van der Waals surface area contributed by atoms with E-state index in [-0.39, 0.29) is 37.5 Å². The molecule has 0 aromatic carbocycles. The summed E-state index contributed by atoms with van der Waals surface area (Å²) in [7, 11) is 0. The maximum atomic E-state index is 12.9. The van der Waals surface area contributed by atoms with Crippen molar-refractivity contribution in [1.82, 2.24) is 0 Å². The highest BCUT2D eigenvalue weighted by atomic mass is 16.6. The average Bonchev–Trinajstić information content (AvgIpc) is 3.37. The van der Waals surface area contributed by atoms with E-state index in [1.807, 2.05) is 0 Å². The first-order chi connectivity index (χ1) is 35.0. The van der Waals surface area contributed by atoms with Crippen molar-refractivity contribution < 1.29 is 28.6 Å². The minimum atomic E-state index is -0.820. The lowest BCUT2D eigenvalue weighted by molar-refractivity contribution is -0.167. The zero-order valence-electron chi connectivity index (χ0n) is 45.7. The van der Waals surface area contributed by atoms with Crippen LogP contribution < -0.4 is 0 Å². The molecule has 0 heterocycles. The molecule has 0 saturated heterocycles. The maximum absolute atomic E-state index is 12.9.